The van der Waals surface area contributed by atoms with Gasteiger partial charge in [-0.2, -0.15) is 0 Å². The van der Waals surface area contributed by atoms with E-state index in [2.05, 4.69) is 13.8 Å². The van der Waals surface area contributed by atoms with Crippen molar-refractivity contribution < 1.29 is 0 Å². The Morgan fingerprint density at radius 1 is 0.938 bits per heavy atom. The maximum Gasteiger partial charge on any atom is 0.0251 e. The molecule has 0 aromatic rings. The fourth-order valence-corrected chi connectivity index (χ4v) is 4.37. The van der Waals surface area contributed by atoms with Crippen LogP contribution in [0.2, 0.25) is 0 Å². The molecule has 0 aliphatic heterocycles. The lowest BCUT2D eigenvalue weighted by Gasteiger charge is -2.41. The Labute approximate surface area is 106 Å². The first-order chi connectivity index (χ1) is 7.72. The van der Waals surface area contributed by atoms with E-state index in [4.69, 9.17) is 11.6 Å². The molecule has 0 spiro atoms. The van der Waals surface area contributed by atoms with E-state index in [0.29, 0.717) is 0 Å². The highest BCUT2D eigenvalue weighted by Gasteiger charge is 2.34. The molecule has 2 aliphatic carbocycles. The zero-order valence-corrected chi connectivity index (χ0v) is 11.7. The van der Waals surface area contributed by atoms with Crippen molar-refractivity contribution in [2.24, 2.45) is 29.6 Å². The standard InChI is InChI=1S/C15H27Cl/c1-11-4-3-5-15(12(11)2)14-8-6-13(10-16)7-9-14/h11-15H,3-10H2,1-2H3. The third-order valence-corrected chi connectivity index (χ3v) is 5.92. The summed E-state index contributed by atoms with van der Waals surface area (Å²) in [5, 5.41) is 0. The first-order valence-corrected chi connectivity index (χ1v) is 7.81. The predicted octanol–water partition coefficient (Wildman–Crippen LogP) is 5.10. The molecule has 0 aromatic carbocycles. The number of rotatable bonds is 2. The summed E-state index contributed by atoms with van der Waals surface area (Å²) < 4.78 is 0. The van der Waals surface area contributed by atoms with E-state index >= 15 is 0 Å². The van der Waals surface area contributed by atoms with E-state index in [-0.39, 0.29) is 0 Å². The highest BCUT2D eigenvalue weighted by molar-refractivity contribution is 6.18. The quantitative estimate of drug-likeness (QED) is 0.591. The molecule has 0 radical (unpaired) electrons. The normalized spacial score (nSPS) is 45.6. The Morgan fingerprint density at radius 2 is 1.62 bits per heavy atom. The molecule has 2 saturated carbocycles. The molecule has 0 nitrogen and oxygen atoms in total. The van der Waals surface area contributed by atoms with Crippen LogP contribution in [0.4, 0.5) is 0 Å². The summed E-state index contributed by atoms with van der Waals surface area (Å²) in [6.45, 7) is 4.96. The summed E-state index contributed by atoms with van der Waals surface area (Å²) in [5.41, 5.74) is 0. The summed E-state index contributed by atoms with van der Waals surface area (Å²) in [4.78, 5) is 0. The monoisotopic (exact) mass is 242 g/mol. The van der Waals surface area contributed by atoms with Gasteiger partial charge in [0.25, 0.3) is 0 Å². The van der Waals surface area contributed by atoms with Crippen molar-refractivity contribution in [1.29, 1.82) is 0 Å². The van der Waals surface area contributed by atoms with Gasteiger partial charge < -0.3 is 0 Å². The van der Waals surface area contributed by atoms with Gasteiger partial charge in [0.1, 0.15) is 0 Å². The number of hydrogen-bond donors (Lipinski definition) is 0. The molecule has 0 heterocycles. The minimum atomic E-state index is 0.828. The average molecular weight is 243 g/mol. The molecular formula is C15H27Cl. The second-order valence-electron chi connectivity index (χ2n) is 6.37. The molecule has 3 unspecified atom stereocenters. The molecule has 1 heteroatoms. The highest BCUT2D eigenvalue weighted by Crippen LogP contribution is 2.44. The summed E-state index contributed by atoms with van der Waals surface area (Å²) in [5.74, 6) is 5.70. The Bertz CT molecular complexity index is 205. The molecule has 0 N–H and O–H groups in total. The van der Waals surface area contributed by atoms with E-state index in [1.54, 1.807) is 0 Å². The highest BCUT2D eigenvalue weighted by atomic mass is 35.5. The third kappa shape index (κ3) is 2.75. The van der Waals surface area contributed by atoms with Crippen LogP contribution in [-0.2, 0) is 0 Å². The van der Waals surface area contributed by atoms with Crippen molar-refractivity contribution >= 4 is 11.6 Å². The van der Waals surface area contributed by atoms with Crippen LogP contribution in [0.25, 0.3) is 0 Å². The fraction of sp³-hybridized carbons (Fsp3) is 1.00. The van der Waals surface area contributed by atoms with E-state index in [1.165, 1.54) is 44.9 Å². The smallest absolute Gasteiger partial charge is 0.0251 e. The molecule has 0 saturated heterocycles. The lowest BCUT2D eigenvalue weighted by atomic mass is 9.64. The van der Waals surface area contributed by atoms with Gasteiger partial charge >= 0.3 is 0 Å². The number of alkyl halides is 1. The van der Waals surface area contributed by atoms with Gasteiger partial charge in [-0.3, -0.25) is 0 Å². The van der Waals surface area contributed by atoms with Crippen LogP contribution >= 0.6 is 11.6 Å². The minimum absolute atomic E-state index is 0.828. The second kappa shape index (κ2) is 5.76. The first-order valence-electron chi connectivity index (χ1n) is 7.28. The van der Waals surface area contributed by atoms with Crippen LogP contribution in [0, 0.1) is 29.6 Å². The molecule has 16 heavy (non-hydrogen) atoms. The Morgan fingerprint density at radius 3 is 2.25 bits per heavy atom. The third-order valence-electron chi connectivity index (χ3n) is 5.48. The van der Waals surface area contributed by atoms with Gasteiger partial charge in [0.15, 0.2) is 0 Å². The zero-order chi connectivity index (χ0) is 11.5. The van der Waals surface area contributed by atoms with Gasteiger partial charge in [-0.05, 0) is 61.7 Å². The Hall–Kier alpha value is 0.290. The average Bonchev–Trinajstić information content (AvgIpc) is 2.33. The van der Waals surface area contributed by atoms with Gasteiger partial charge in [0, 0.05) is 5.88 Å². The SMILES string of the molecule is CC1CCCC(C2CCC(CCl)CC2)C1C. The van der Waals surface area contributed by atoms with Crippen molar-refractivity contribution in [3.63, 3.8) is 0 Å². The lowest BCUT2D eigenvalue weighted by molar-refractivity contribution is 0.0906. The van der Waals surface area contributed by atoms with Crippen LogP contribution in [0.5, 0.6) is 0 Å². The van der Waals surface area contributed by atoms with Crippen LogP contribution < -0.4 is 0 Å². The van der Waals surface area contributed by atoms with Gasteiger partial charge in [0.05, 0.1) is 0 Å². The predicted molar refractivity (Wildman–Crippen MR) is 71.8 cm³/mol. The summed E-state index contributed by atoms with van der Waals surface area (Å²) >= 11 is 5.97. The van der Waals surface area contributed by atoms with E-state index in [0.717, 1.165) is 35.5 Å². The Kier molecular flexibility index (Phi) is 4.58. The van der Waals surface area contributed by atoms with Crippen molar-refractivity contribution in [2.45, 2.75) is 58.8 Å². The number of halogens is 1. The van der Waals surface area contributed by atoms with Gasteiger partial charge in [0.2, 0.25) is 0 Å². The molecule has 0 aromatic heterocycles. The van der Waals surface area contributed by atoms with Crippen molar-refractivity contribution in [2.75, 3.05) is 5.88 Å². The number of hydrogen-bond acceptors (Lipinski definition) is 0. The van der Waals surface area contributed by atoms with Crippen LogP contribution in [0.3, 0.4) is 0 Å². The largest absolute Gasteiger partial charge is 0.126 e. The zero-order valence-electron chi connectivity index (χ0n) is 10.9. The minimum Gasteiger partial charge on any atom is -0.126 e. The molecule has 2 aliphatic rings. The van der Waals surface area contributed by atoms with Gasteiger partial charge in [-0.25, -0.2) is 0 Å². The van der Waals surface area contributed by atoms with Crippen molar-refractivity contribution in [1.82, 2.24) is 0 Å². The van der Waals surface area contributed by atoms with Crippen molar-refractivity contribution in [3.05, 3.63) is 0 Å². The molecular weight excluding hydrogens is 216 g/mol. The lowest BCUT2D eigenvalue weighted by Crippen LogP contribution is -2.32. The van der Waals surface area contributed by atoms with Crippen LogP contribution in [0.1, 0.15) is 58.8 Å². The Balaban J connectivity index is 1.88. The second-order valence-corrected chi connectivity index (χ2v) is 6.67. The topological polar surface area (TPSA) is 0 Å². The van der Waals surface area contributed by atoms with Crippen LogP contribution in [-0.4, -0.2) is 5.88 Å². The van der Waals surface area contributed by atoms with E-state index in [9.17, 15) is 0 Å². The van der Waals surface area contributed by atoms with Gasteiger partial charge in [-0.15, -0.1) is 11.6 Å². The maximum atomic E-state index is 5.97. The van der Waals surface area contributed by atoms with E-state index < -0.39 is 0 Å². The molecule has 94 valence electrons. The van der Waals surface area contributed by atoms with Crippen LogP contribution in [0.15, 0.2) is 0 Å². The first kappa shape index (κ1) is 12.7. The summed E-state index contributed by atoms with van der Waals surface area (Å²) in [6.07, 6.45) is 10.2. The van der Waals surface area contributed by atoms with E-state index in [1.807, 2.05) is 0 Å². The van der Waals surface area contributed by atoms with Gasteiger partial charge in [-0.1, -0.05) is 26.7 Å². The summed E-state index contributed by atoms with van der Waals surface area (Å²) in [6, 6.07) is 0. The fourth-order valence-electron chi connectivity index (χ4n) is 4.06. The molecule has 2 fully saturated rings. The van der Waals surface area contributed by atoms with Crippen molar-refractivity contribution in [3.8, 4) is 0 Å². The molecule has 0 bridgehead atoms. The maximum absolute atomic E-state index is 5.97. The molecule has 3 atom stereocenters. The summed E-state index contributed by atoms with van der Waals surface area (Å²) in [7, 11) is 0. The molecule has 2 rings (SSSR count). The molecule has 0 amide bonds.